The van der Waals surface area contributed by atoms with Gasteiger partial charge in [0, 0.05) is 5.71 Å². The van der Waals surface area contributed by atoms with Crippen LogP contribution in [0.15, 0.2) is 30.3 Å². The van der Waals surface area contributed by atoms with Crippen molar-refractivity contribution < 1.29 is 22.7 Å². The molecular weight excluding hydrogens is 247 g/mol. The lowest BCUT2D eigenvalue weighted by atomic mass is 10.2. The van der Waals surface area contributed by atoms with E-state index in [0.29, 0.717) is 0 Å². The Morgan fingerprint density at radius 1 is 1.22 bits per heavy atom. The van der Waals surface area contributed by atoms with Gasteiger partial charge in [-0.05, 0) is 5.56 Å². The molecule has 0 atom stereocenters. The number of benzene rings is 1. The number of rotatable bonds is 5. The van der Waals surface area contributed by atoms with E-state index in [0.717, 1.165) is 5.56 Å². The van der Waals surface area contributed by atoms with Gasteiger partial charge in [-0.25, -0.2) is 0 Å². The number of hydrogen-bond donors (Lipinski definition) is 1. The Balaban J connectivity index is 2.32. The van der Waals surface area contributed by atoms with E-state index in [4.69, 9.17) is 10.1 Å². The predicted molar refractivity (Wildman–Crippen MR) is 59.3 cm³/mol. The summed E-state index contributed by atoms with van der Waals surface area (Å²) in [6.45, 7) is -0.00102. The van der Waals surface area contributed by atoms with Crippen molar-refractivity contribution in [2.24, 2.45) is 0 Å². The quantitative estimate of drug-likeness (QED) is 0.652. The van der Waals surface area contributed by atoms with Crippen molar-refractivity contribution in [2.45, 2.75) is 25.6 Å². The van der Waals surface area contributed by atoms with Crippen molar-refractivity contribution in [1.29, 1.82) is 5.41 Å². The van der Waals surface area contributed by atoms with Gasteiger partial charge in [-0.1, -0.05) is 30.3 Å². The van der Waals surface area contributed by atoms with Gasteiger partial charge >= 0.3 is 12.1 Å². The average Bonchev–Trinajstić information content (AvgIpc) is 2.25. The Morgan fingerprint density at radius 2 is 1.83 bits per heavy atom. The van der Waals surface area contributed by atoms with Gasteiger partial charge in [0.15, 0.2) is 0 Å². The van der Waals surface area contributed by atoms with E-state index in [-0.39, 0.29) is 6.61 Å². The van der Waals surface area contributed by atoms with Crippen molar-refractivity contribution in [1.82, 2.24) is 0 Å². The largest absolute Gasteiger partial charge is 0.461 e. The zero-order valence-electron chi connectivity index (χ0n) is 9.46. The molecule has 0 aliphatic rings. The molecule has 1 aromatic rings. The summed E-state index contributed by atoms with van der Waals surface area (Å²) >= 11 is 0. The molecule has 0 amide bonds. The molecule has 1 N–H and O–H groups in total. The van der Waals surface area contributed by atoms with Crippen molar-refractivity contribution in [3.05, 3.63) is 35.9 Å². The maximum absolute atomic E-state index is 11.9. The highest BCUT2D eigenvalue weighted by atomic mass is 19.4. The fraction of sp³-hybridized carbons (Fsp3) is 0.333. The summed E-state index contributed by atoms with van der Waals surface area (Å²) < 4.78 is 40.5. The summed E-state index contributed by atoms with van der Waals surface area (Å²) in [5.74, 6) is -0.826. The summed E-state index contributed by atoms with van der Waals surface area (Å²) in [5.41, 5.74) is 0.0498. The fourth-order valence-corrected chi connectivity index (χ4v) is 1.27. The van der Waals surface area contributed by atoms with Gasteiger partial charge in [-0.15, -0.1) is 0 Å². The highest BCUT2D eigenvalue weighted by Crippen LogP contribution is 2.20. The highest BCUT2D eigenvalue weighted by molar-refractivity contribution is 5.97. The summed E-state index contributed by atoms with van der Waals surface area (Å²) in [7, 11) is 0. The fourth-order valence-electron chi connectivity index (χ4n) is 1.27. The smallest absolute Gasteiger partial charge is 0.394 e. The van der Waals surface area contributed by atoms with Crippen LogP contribution in [-0.4, -0.2) is 17.9 Å². The first-order chi connectivity index (χ1) is 8.37. The standard InChI is InChI=1S/C12H12F3NO2/c13-12(14,15)7-10(16)6-11(17)18-8-9-4-2-1-3-5-9/h1-5,16H,6-8H2. The third kappa shape index (κ3) is 6.03. The van der Waals surface area contributed by atoms with E-state index in [2.05, 4.69) is 0 Å². The Hall–Kier alpha value is -1.85. The minimum atomic E-state index is -4.46. The molecule has 0 aliphatic heterocycles. The summed E-state index contributed by atoms with van der Waals surface area (Å²) in [4.78, 5) is 11.2. The molecule has 0 heterocycles. The molecule has 0 saturated carbocycles. The number of hydrogen-bond acceptors (Lipinski definition) is 3. The van der Waals surface area contributed by atoms with Gasteiger partial charge in [0.25, 0.3) is 0 Å². The number of alkyl halides is 3. The lowest BCUT2D eigenvalue weighted by Gasteiger charge is -2.08. The third-order valence-corrected chi connectivity index (χ3v) is 2.01. The molecule has 1 aromatic carbocycles. The van der Waals surface area contributed by atoms with Crippen LogP contribution in [0, 0.1) is 5.41 Å². The van der Waals surface area contributed by atoms with Gasteiger partial charge < -0.3 is 10.1 Å². The van der Waals surface area contributed by atoms with Gasteiger partial charge in [0.05, 0.1) is 12.8 Å². The Labute approximate surface area is 102 Å². The third-order valence-electron chi connectivity index (χ3n) is 2.01. The number of ether oxygens (including phenoxy) is 1. The van der Waals surface area contributed by atoms with Gasteiger partial charge in [-0.2, -0.15) is 13.2 Å². The molecule has 0 saturated heterocycles. The second-order valence-corrected chi connectivity index (χ2v) is 3.72. The van der Waals surface area contributed by atoms with Crippen molar-refractivity contribution >= 4 is 11.7 Å². The molecule has 0 spiro atoms. The van der Waals surface area contributed by atoms with E-state index in [9.17, 15) is 18.0 Å². The SMILES string of the molecule is N=C(CC(=O)OCc1ccccc1)CC(F)(F)F. The Morgan fingerprint density at radius 3 is 2.39 bits per heavy atom. The van der Waals surface area contributed by atoms with Gasteiger partial charge in [0.1, 0.15) is 6.61 Å². The van der Waals surface area contributed by atoms with Crippen molar-refractivity contribution in [3.63, 3.8) is 0 Å². The van der Waals surface area contributed by atoms with Crippen LogP contribution < -0.4 is 0 Å². The number of halogens is 3. The summed E-state index contributed by atoms with van der Waals surface area (Å²) in [6, 6.07) is 8.77. The van der Waals surface area contributed by atoms with Gasteiger partial charge in [-0.3, -0.25) is 4.79 Å². The Bertz CT molecular complexity index is 415. The van der Waals surface area contributed by atoms with Crippen LogP contribution in [-0.2, 0) is 16.1 Å². The number of carbonyl (C=O) groups is 1. The molecular formula is C12H12F3NO2. The summed E-state index contributed by atoms with van der Waals surface area (Å²) in [6.07, 6.45) is -6.48. The average molecular weight is 259 g/mol. The second kappa shape index (κ2) is 6.18. The van der Waals surface area contributed by atoms with E-state index in [1.165, 1.54) is 0 Å². The molecule has 0 radical (unpaired) electrons. The van der Waals surface area contributed by atoms with Crippen LogP contribution in [0.5, 0.6) is 0 Å². The first-order valence-corrected chi connectivity index (χ1v) is 5.19. The van der Waals surface area contributed by atoms with E-state index >= 15 is 0 Å². The Kier molecular flexibility index (Phi) is 4.88. The second-order valence-electron chi connectivity index (χ2n) is 3.72. The van der Waals surface area contributed by atoms with Crippen LogP contribution in [0.1, 0.15) is 18.4 Å². The molecule has 0 aromatic heterocycles. The van der Waals surface area contributed by atoms with Crippen LogP contribution in [0.4, 0.5) is 13.2 Å². The normalized spacial score (nSPS) is 11.1. The van der Waals surface area contributed by atoms with E-state index in [1.807, 2.05) is 0 Å². The maximum atomic E-state index is 11.9. The van der Waals surface area contributed by atoms with Crippen LogP contribution in [0.25, 0.3) is 0 Å². The molecule has 1 rings (SSSR count). The maximum Gasteiger partial charge on any atom is 0.394 e. The molecule has 0 fully saturated rings. The van der Waals surface area contributed by atoms with E-state index < -0.39 is 30.7 Å². The van der Waals surface area contributed by atoms with Crippen molar-refractivity contribution in [3.8, 4) is 0 Å². The zero-order chi connectivity index (χ0) is 13.6. The molecule has 98 valence electrons. The number of carbonyl (C=O) groups excluding carboxylic acids is 1. The minimum Gasteiger partial charge on any atom is -0.461 e. The van der Waals surface area contributed by atoms with E-state index in [1.54, 1.807) is 30.3 Å². The van der Waals surface area contributed by atoms with Crippen molar-refractivity contribution in [2.75, 3.05) is 0 Å². The zero-order valence-corrected chi connectivity index (χ0v) is 9.46. The number of esters is 1. The molecule has 18 heavy (non-hydrogen) atoms. The minimum absolute atomic E-state index is 0.00102. The molecule has 6 heteroatoms. The molecule has 0 unspecified atom stereocenters. The highest BCUT2D eigenvalue weighted by Gasteiger charge is 2.29. The molecule has 3 nitrogen and oxygen atoms in total. The predicted octanol–water partition coefficient (Wildman–Crippen LogP) is 3.09. The topological polar surface area (TPSA) is 50.2 Å². The van der Waals surface area contributed by atoms with Crippen LogP contribution in [0.3, 0.4) is 0 Å². The van der Waals surface area contributed by atoms with Crippen LogP contribution in [0.2, 0.25) is 0 Å². The molecule has 0 bridgehead atoms. The lowest BCUT2D eigenvalue weighted by Crippen LogP contribution is -2.18. The van der Waals surface area contributed by atoms with Gasteiger partial charge in [0.2, 0.25) is 0 Å². The number of nitrogens with one attached hydrogen (secondary N) is 1. The van der Waals surface area contributed by atoms with Crippen LogP contribution >= 0.6 is 0 Å². The lowest BCUT2D eigenvalue weighted by molar-refractivity contribution is -0.143. The first kappa shape index (κ1) is 14.2. The first-order valence-electron chi connectivity index (χ1n) is 5.19. The summed E-state index contributed by atoms with van der Waals surface area (Å²) in [5, 5.41) is 7.04. The monoisotopic (exact) mass is 259 g/mol. The molecule has 0 aliphatic carbocycles.